The van der Waals surface area contributed by atoms with E-state index in [0.29, 0.717) is 12.3 Å². The zero-order valence-corrected chi connectivity index (χ0v) is 19.3. The SMILES string of the molecule is O=C1N=C(N2N=C(c3ccccc3)CC2c2ccccc2O)/C(=C/c2ccc(Br)cc2)S1. The quantitative estimate of drug-likeness (QED) is 0.436. The minimum Gasteiger partial charge on any atom is -0.508 e. The lowest BCUT2D eigenvalue weighted by Gasteiger charge is -2.24. The number of nitrogens with zero attached hydrogens (tertiary/aromatic N) is 3. The zero-order chi connectivity index (χ0) is 22.1. The van der Waals surface area contributed by atoms with Crippen molar-refractivity contribution in [1.29, 1.82) is 0 Å². The average molecular weight is 504 g/mol. The van der Waals surface area contributed by atoms with Gasteiger partial charge in [-0.2, -0.15) is 10.1 Å². The largest absolute Gasteiger partial charge is 0.508 e. The molecule has 1 N–H and O–H groups in total. The summed E-state index contributed by atoms with van der Waals surface area (Å²) in [6.07, 6.45) is 2.53. The molecule has 1 atom stereocenters. The monoisotopic (exact) mass is 503 g/mol. The second-order valence-electron chi connectivity index (χ2n) is 7.40. The van der Waals surface area contributed by atoms with E-state index in [2.05, 4.69) is 20.9 Å². The Morgan fingerprint density at radius 2 is 1.72 bits per heavy atom. The van der Waals surface area contributed by atoms with Gasteiger partial charge in [0.2, 0.25) is 0 Å². The number of para-hydroxylation sites is 1. The molecule has 5 nitrogen and oxygen atoms in total. The molecule has 1 unspecified atom stereocenters. The molecule has 0 saturated heterocycles. The van der Waals surface area contributed by atoms with Crippen LogP contribution in [-0.2, 0) is 0 Å². The molecule has 0 fully saturated rings. The van der Waals surface area contributed by atoms with Crippen LogP contribution in [0.4, 0.5) is 4.79 Å². The van der Waals surface area contributed by atoms with Crippen LogP contribution in [0.1, 0.15) is 29.2 Å². The van der Waals surface area contributed by atoms with Crippen LogP contribution in [0.5, 0.6) is 5.75 Å². The highest BCUT2D eigenvalue weighted by atomic mass is 79.9. The highest BCUT2D eigenvalue weighted by Gasteiger charge is 2.37. The van der Waals surface area contributed by atoms with E-state index in [1.54, 1.807) is 17.1 Å². The maximum Gasteiger partial charge on any atom is 0.311 e. The van der Waals surface area contributed by atoms with Crippen molar-refractivity contribution in [2.24, 2.45) is 10.1 Å². The summed E-state index contributed by atoms with van der Waals surface area (Å²) < 4.78 is 0.986. The van der Waals surface area contributed by atoms with Gasteiger partial charge in [0.05, 0.1) is 16.7 Å². The third-order valence-electron chi connectivity index (χ3n) is 5.31. The van der Waals surface area contributed by atoms with Crippen molar-refractivity contribution >= 4 is 50.6 Å². The van der Waals surface area contributed by atoms with Gasteiger partial charge in [-0.1, -0.05) is 76.6 Å². The molecule has 158 valence electrons. The summed E-state index contributed by atoms with van der Waals surface area (Å²) in [5.41, 5.74) is 3.60. The van der Waals surface area contributed by atoms with Gasteiger partial charge in [-0.3, -0.25) is 4.79 Å². The predicted octanol–water partition coefficient (Wildman–Crippen LogP) is 6.61. The van der Waals surface area contributed by atoms with E-state index in [9.17, 15) is 9.90 Å². The molecule has 2 heterocycles. The molecule has 32 heavy (non-hydrogen) atoms. The molecule has 2 aliphatic heterocycles. The highest BCUT2D eigenvalue weighted by Crippen LogP contribution is 2.41. The molecule has 0 spiro atoms. The smallest absolute Gasteiger partial charge is 0.311 e. The number of halogens is 1. The summed E-state index contributed by atoms with van der Waals surface area (Å²) in [5, 5.41) is 16.9. The first-order chi connectivity index (χ1) is 15.6. The number of amides is 1. The highest BCUT2D eigenvalue weighted by molar-refractivity contribution is 9.10. The van der Waals surface area contributed by atoms with Crippen molar-refractivity contribution in [1.82, 2.24) is 5.01 Å². The molecule has 5 rings (SSSR count). The number of benzene rings is 3. The minimum absolute atomic E-state index is 0.197. The summed E-state index contributed by atoms with van der Waals surface area (Å²) in [5.74, 6) is 0.699. The number of carbonyl (C=O) groups is 1. The Morgan fingerprint density at radius 1 is 1.00 bits per heavy atom. The van der Waals surface area contributed by atoms with Crippen LogP contribution in [0.25, 0.3) is 6.08 Å². The molecule has 0 saturated carbocycles. The van der Waals surface area contributed by atoms with E-state index < -0.39 is 0 Å². The zero-order valence-electron chi connectivity index (χ0n) is 16.9. The molecule has 1 amide bonds. The topological polar surface area (TPSA) is 65.3 Å². The minimum atomic E-state index is -0.275. The Labute approximate surface area is 198 Å². The third-order valence-corrected chi connectivity index (χ3v) is 6.63. The molecule has 7 heteroatoms. The van der Waals surface area contributed by atoms with E-state index in [0.717, 1.165) is 43.5 Å². The Balaban J connectivity index is 1.58. The van der Waals surface area contributed by atoms with Crippen LogP contribution in [0, 0.1) is 0 Å². The number of phenols is 1. The van der Waals surface area contributed by atoms with Gasteiger partial charge >= 0.3 is 5.24 Å². The van der Waals surface area contributed by atoms with Gasteiger partial charge < -0.3 is 5.11 Å². The number of phenolic OH excluding ortho intramolecular Hbond substituents is 1. The second-order valence-corrected chi connectivity index (χ2v) is 9.31. The lowest BCUT2D eigenvalue weighted by atomic mass is 9.97. The summed E-state index contributed by atoms with van der Waals surface area (Å²) in [6, 6.07) is 24.8. The maximum absolute atomic E-state index is 12.3. The molecule has 3 aromatic carbocycles. The molecule has 3 aromatic rings. The van der Waals surface area contributed by atoms with Crippen molar-refractivity contribution in [3.63, 3.8) is 0 Å². The molecule has 0 aliphatic carbocycles. The lowest BCUT2D eigenvalue weighted by Crippen LogP contribution is -2.26. The fraction of sp³-hybridized carbons (Fsp3) is 0.0800. The van der Waals surface area contributed by atoms with Crippen molar-refractivity contribution in [2.45, 2.75) is 12.5 Å². The number of thioether (sulfide) groups is 1. The van der Waals surface area contributed by atoms with E-state index in [4.69, 9.17) is 5.10 Å². The van der Waals surface area contributed by atoms with Crippen molar-refractivity contribution < 1.29 is 9.90 Å². The number of amidine groups is 1. The number of aromatic hydroxyl groups is 1. The predicted molar refractivity (Wildman–Crippen MR) is 133 cm³/mol. The number of carbonyl (C=O) groups excluding carboxylic acids is 1. The number of rotatable bonds is 3. The first kappa shape index (κ1) is 20.7. The third kappa shape index (κ3) is 4.13. The van der Waals surface area contributed by atoms with Crippen molar-refractivity contribution in [3.8, 4) is 5.75 Å². The summed E-state index contributed by atoms with van der Waals surface area (Å²) in [4.78, 5) is 17.4. The van der Waals surface area contributed by atoms with E-state index >= 15 is 0 Å². The van der Waals surface area contributed by atoms with Crippen LogP contribution in [0.3, 0.4) is 0 Å². The van der Waals surface area contributed by atoms with Crippen LogP contribution in [0.15, 0.2) is 98.3 Å². The summed E-state index contributed by atoms with van der Waals surface area (Å²) in [6.45, 7) is 0. The van der Waals surface area contributed by atoms with E-state index in [-0.39, 0.29) is 17.0 Å². The van der Waals surface area contributed by atoms with Gasteiger partial charge in [0.25, 0.3) is 0 Å². The number of hydrogen-bond donors (Lipinski definition) is 1. The molecule has 2 aliphatic rings. The van der Waals surface area contributed by atoms with Gasteiger partial charge in [0, 0.05) is 16.5 Å². The molecule has 0 radical (unpaired) electrons. The van der Waals surface area contributed by atoms with Crippen LogP contribution in [-0.4, -0.2) is 26.9 Å². The Morgan fingerprint density at radius 3 is 2.47 bits per heavy atom. The molecular weight excluding hydrogens is 486 g/mol. The number of aliphatic imine (C=N–C) groups is 1. The van der Waals surface area contributed by atoms with Gasteiger partial charge in [-0.05, 0) is 47.2 Å². The van der Waals surface area contributed by atoms with Crippen LogP contribution >= 0.6 is 27.7 Å². The Kier molecular flexibility index (Phi) is 5.68. The first-order valence-electron chi connectivity index (χ1n) is 10.1. The Hall–Kier alpha value is -3.16. The standard InChI is InChI=1S/C25H18BrN3O2S/c26-18-12-10-16(11-13-18)14-23-24(27-25(31)32-23)29-21(19-8-4-5-9-22(19)30)15-20(28-29)17-6-2-1-3-7-17/h1-14,21,30H,15H2/b23-14-. The van der Waals surface area contributed by atoms with Gasteiger partial charge in [-0.25, -0.2) is 5.01 Å². The summed E-state index contributed by atoms with van der Waals surface area (Å²) in [7, 11) is 0. The maximum atomic E-state index is 12.3. The fourth-order valence-electron chi connectivity index (χ4n) is 3.79. The Bertz CT molecular complexity index is 1270. The van der Waals surface area contributed by atoms with Gasteiger partial charge in [0.1, 0.15) is 5.75 Å². The lowest BCUT2D eigenvalue weighted by molar-refractivity contribution is 0.267. The first-order valence-corrected chi connectivity index (χ1v) is 11.7. The van der Waals surface area contributed by atoms with Gasteiger partial charge in [0.15, 0.2) is 5.84 Å². The number of hydrogen-bond acceptors (Lipinski definition) is 5. The van der Waals surface area contributed by atoms with E-state index in [1.165, 1.54) is 0 Å². The fourth-order valence-corrected chi connectivity index (χ4v) is 4.80. The molecular formula is C25H18BrN3O2S. The molecule has 0 aromatic heterocycles. The van der Waals surface area contributed by atoms with Gasteiger partial charge in [-0.15, -0.1) is 0 Å². The average Bonchev–Trinajstić information content (AvgIpc) is 3.40. The van der Waals surface area contributed by atoms with Crippen LogP contribution < -0.4 is 0 Å². The van der Waals surface area contributed by atoms with E-state index in [1.807, 2.05) is 72.8 Å². The van der Waals surface area contributed by atoms with Crippen molar-refractivity contribution in [2.75, 3.05) is 0 Å². The van der Waals surface area contributed by atoms with Crippen molar-refractivity contribution in [3.05, 3.63) is 105 Å². The molecule has 0 bridgehead atoms. The second kappa shape index (κ2) is 8.76. The number of hydrazone groups is 1. The van der Waals surface area contributed by atoms with Crippen LogP contribution in [0.2, 0.25) is 0 Å². The summed E-state index contributed by atoms with van der Waals surface area (Å²) >= 11 is 4.54. The normalized spacial score (nSPS) is 19.4.